The SMILES string of the molecule is COCCNc1cc(C)nc(NCCc2c[nH]c3ccccc23)n1. The van der Waals surface area contributed by atoms with Crippen LogP contribution in [-0.2, 0) is 11.2 Å². The van der Waals surface area contributed by atoms with E-state index in [1.165, 1.54) is 16.5 Å². The van der Waals surface area contributed by atoms with Crippen molar-refractivity contribution >= 4 is 22.7 Å². The molecule has 6 nitrogen and oxygen atoms in total. The highest BCUT2D eigenvalue weighted by Gasteiger charge is 2.05. The Bertz CT molecular complexity index is 799. The predicted octanol–water partition coefficient (Wildman–Crippen LogP) is 2.98. The summed E-state index contributed by atoms with van der Waals surface area (Å²) in [6.45, 7) is 4.12. The molecule has 0 bridgehead atoms. The highest BCUT2D eigenvalue weighted by atomic mass is 16.5. The van der Waals surface area contributed by atoms with Gasteiger partial charge in [0, 0.05) is 49.1 Å². The standard InChI is InChI=1S/C18H23N5O/c1-13-11-17(19-9-10-24-2)23-18(22-13)20-8-7-14-12-21-16-6-4-3-5-15(14)16/h3-6,11-12,21H,7-10H2,1-2H3,(H2,19,20,22,23). The summed E-state index contributed by atoms with van der Waals surface area (Å²) in [6, 6.07) is 10.3. The van der Waals surface area contributed by atoms with E-state index in [0.29, 0.717) is 12.6 Å². The van der Waals surface area contributed by atoms with Crippen molar-refractivity contribution in [2.75, 3.05) is 37.4 Å². The molecular weight excluding hydrogens is 302 g/mol. The smallest absolute Gasteiger partial charge is 0.224 e. The number of methoxy groups -OCH3 is 1. The van der Waals surface area contributed by atoms with Gasteiger partial charge in [-0.2, -0.15) is 4.98 Å². The van der Waals surface area contributed by atoms with Crippen LogP contribution in [0.4, 0.5) is 11.8 Å². The van der Waals surface area contributed by atoms with Crippen LogP contribution in [0.25, 0.3) is 10.9 Å². The fraction of sp³-hybridized carbons (Fsp3) is 0.333. The molecule has 0 fully saturated rings. The van der Waals surface area contributed by atoms with Crippen molar-refractivity contribution < 1.29 is 4.74 Å². The molecule has 0 amide bonds. The maximum atomic E-state index is 5.04. The number of nitrogens with one attached hydrogen (secondary N) is 3. The third-order valence-electron chi connectivity index (χ3n) is 3.82. The number of H-pyrrole nitrogens is 1. The van der Waals surface area contributed by atoms with Crippen LogP contribution in [-0.4, -0.2) is 41.8 Å². The number of benzene rings is 1. The summed E-state index contributed by atoms with van der Waals surface area (Å²) in [5.74, 6) is 1.46. The first-order valence-electron chi connectivity index (χ1n) is 8.13. The lowest BCUT2D eigenvalue weighted by Gasteiger charge is -2.09. The molecular formula is C18H23N5O. The lowest BCUT2D eigenvalue weighted by Crippen LogP contribution is -2.12. The minimum Gasteiger partial charge on any atom is -0.383 e. The average molecular weight is 325 g/mol. The van der Waals surface area contributed by atoms with Crippen LogP contribution in [0.15, 0.2) is 36.5 Å². The molecule has 0 saturated heterocycles. The normalized spacial score (nSPS) is 10.9. The molecule has 6 heteroatoms. The number of aromatic nitrogens is 3. The number of anilines is 2. The molecule has 0 aliphatic heterocycles. The Kier molecular flexibility index (Phi) is 5.28. The van der Waals surface area contributed by atoms with E-state index in [9.17, 15) is 0 Å². The summed E-state index contributed by atoms with van der Waals surface area (Å²) in [5.41, 5.74) is 3.40. The van der Waals surface area contributed by atoms with Gasteiger partial charge in [0.1, 0.15) is 5.82 Å². The second kappa shape index (κ2) is 7.79. The van der Waals surface area contributed by atoms with E-state index in [4.69, 9.17) is 4.74 Å². The maximum absolute atomic E-state index is 5.04. The molecule has 126 valence electrons. The van der Waals surface area contributed by atoms with Crippen LogP contribution >= 0.6 is 0 Å². The van der Waals surface area contributed by atoms with Gasteiger partial charge in [0.25, 0.3) is 0 Å². The van der Waals surface area contributed by atoms with Gasteiger partial charge in [-0.1, -0.05) is 18.2 Å². The zero-order valence-corrected chi connectivity index (χ0v) is 14.1. The minimum absolute atomic E-state index is 0.645. The lowest BCUT2D eigenvalue weighted by atomic mass is 10.1. The van der Waals surface area contributed by atoms with Crippen LogP contribution in [0, 0.1) is 6.92 Å². The molecule has 2 aromatic heterocycles. The third kappa shape index (κ3) is 4.02. The van der Waals surface area contributed by atoms with Gasteiger partial charge < -0.3 is 20.4 Å². The molecule has 1 aromatic carbocycles. The monoisotopic (exact) mass is 325 g/mol. The van der Waals surface area contributed by atoms with Crippen molar-refractivity contribution in [2.24, 2.45) is 0 Å². The van der Waals surface area contributed by atoms with Crippen molar-refractivity contribution in [2.45, 2.75) is 13.3 Å². The Morgan fingerprint density at radius 3 is 2.88 bits per heavy atom. The summed E-state index contributed by atoms with van der Waals surface area (Å²) in [6.07, 6.45) is 2.98. The summed E-state index contributed by atoms with van der Waals surface area (Å²) in [4.78, 5) is 12.2. The molecule has 3 N–H and O–H groups in total. The number of nitrogens with zero attached hydrogens (tertiary/aromatic N) is 2. The zero-order valence-electron chi connectivity index (χ0n) is 14.1. The highest BCUT2D eigenvalue weighted by Crippen LogP contribution is 2.18. The van der Waals surface area contributed by atoms with Crippen LogP contribution in [0.3, 0.4) is 0 Å². The Morgan fingerprint density at radius 2 is 2.00 bits per heavy atom. The molecule has 0 saturated carbocycles. The Morgan fingerprint density at radius 1 is 1.12 bits per heavy atom. The van der Waals surface area contributed by atoms with Gasteiger partial charge in [-0.3, -0.25) is 0 Å². The van der Waals surface area contributed by atoms with E-state index in [1.807, 2.05) is 19.1 Å². The van der Waals surface area contributed by atoms with Crippen molar-refractivity contribution in [3.63, 3.8) is 0 Å². The molecule has 0 aliphatic carbocycles. The summed E-state index contributed by atoms with van der Waals surface area (Å²) in [7, 11) is 1.69. The zero-order chi connectivity index (χ0) is 16.8. The first kappa shape index (κ1) is 16.3. The summed E-state index contributed by atoms with van der Waals surface area (Å²) >= 11 is 0. The second-order valence-electron chi connectivity index (χ2n) is 5.67. The van der Waals surface area contributed by atoms with Crippen LogP contribution in [0.1, 0.15) is 11.3 Å². The summed E-state index contributed by atoms with van der Waals surface area (Å²) in [5, 5.41) is 7.82. The number of hydrogen-bond acceptors (Lipinski definition) is 5. The van der Waals surface area contributed by atoms with Crippen molar-refractivity contribution in [1.29, 1.82) is 0 Å². The van der Waals surface area contributed by atoms with Crippen LogP contribution in [0.2, 0.25) is 0 Å². The van der Waals surface area contributed by atoms with E-state index in [0.717, 1.165) is 31.0 Å². The van der Waals surface area contributed by atoms with Crippen molar-refractivity contribution in [3.05, 3.63) is 47.8 Å². The largest absolute Gasteiger partial charge is 0.383 e. The maximum Gasteiger partial charge on any atom is 0.224 e. The average Bonchev–Trinajstić information content (AvgIpc) is 2.98. The van der Waals surface area contributed by atoms with Gasteiger partial charge in [0.2, 0.25) is 5.95 Å². The molecule has 0 spiro atoms. The molecule has 0 radical (unpaired) electrons. The first-order valence-corrected chi connectivity index (χ1v) is 8.13. The Hall–Kier alpha value is -2.60. The Balaban J connectivity index is 1.60. The van der Waals surface area contributed by atoms with Crippen molar-refractivity contribution in [3.8, 4) is 0 Å². The van der Waals surface area contributed by atoms with Gasteiger partial charge in [-0.05, 0) is 25.0 Å². The molecule has 0 unspecified atom stereocenters. The third-order valence-corrected chi connectivity index (χ3v) is 3.82. The number of rotatable bonds is 8. The van der Waals surface area contributed by atoms with E-state index in [2.05, 4.69) is 50.0 Å². The highest BCUT2D eigenvalue weighted by molar-refractivity contribution is 5.83. The molecule has 3 rings (SSSR count). The van der Waals surface area contributed by atoms with E-state index in [-0.39, 0.29) is 0 Å². The number of para-hydroxylation sites is 1. The topological polar surface area (TPSA) is 74.9 Å². The minimum atomic E-state index is 0.645. The van der Waals surface area contributed by atoms with Gasteiger partial charge in [-0.25, -0.2) is 4.98 Å². The van der Waals surface area contributed by atoms with Gasteiger partial charge in [0.15, 0.2) is 0 Å². The summed E-state index contributed by atoms with van der Waals surface area (Å²) < 4.78 is 5.04. The fourth-order valence-corrected chi connectivity index (χ4v) is 2.67. The molecule has 2 heterocycles. The van der Waals surface area contributed by atoms with Crippen LogP contribution < -0.4 is 10.6 Å². The molecule has 24 heavy (non-hydrogen) atoms. The van der Waals surface area contributed by atoms with E-state index >= 15 is 0 Å². The van der Waals surface area contributed by atoms with Crippen LogP contribution in [0.5, 0.6) is 0 Å². The molecule has 0 atom stereocenters. The van der Waals surface area contributed by atoms with Gasteiger partial charge in [-0.15, -0.1) is 0 Å². The Labute approximate surface area is 141 Å². The second-order valence-corrected chi connectivity index (χ2v) is 5.67. The van der Waals surface area contributed by atoms with E-state index in [1.54, 1.807) is 7.11 Å². The number of hydrogen-bond donors (Lipinski definition) is 3. The molecule has 0 aliphatic rings. The predicted molar refractivity (Wildman–Crippen MR) is 97.6 cm³/mol. The number of ether oxygens (including phenoxy) is 1. The quantitative estimate of drug-likeness (QED) is 0.555. The van der Waals surface area contributed by atoms with Crippen molar-refractivity contribution in [1.82, 2.24) is 15.0 Å². The molecule has 3 aromatic rings. The number of fused-ring (bicyclic) bond motifs is 1. The number of aromatic amines is 1. The number of aryl methyl sites for hydroxylation is 1. The van der Waals surface area contributed by atoms with Gasteiger partial charge >= 0.3 is 0 Å². The van der Waals surface area contributed by atoms with E-state index < -0.39 is 0 Å². The fourth-order valence-electron chi connectivity index (χ4n) is 2.67. The lowest BCUT2D eigenvalue weighted by molar-refractivity contribution is 0.210. The van der Waals surface area contributed by atoms with Gasteiger partial charge in [0.05, 0.1) is 6.61 Å². The first-order chi connectivity index (χ1) is 11.8.